The average molecular weight is 470 g/mol. The quantitative estimate of drug-likeness (QED) is 0.608. The lowest BCUT2D eigenvalue weighted by molar-refractivity contribution is -0.138. The van der Waals surface area contributed by atoms with E-state index in [-0.39, 0.29) is 10.3 Å². The van der Waals surface area contributed by atoms with Crippen LogP contribution < -0.4 is 15.0 Å². The number of urea groups is 1. The summed E-state index contributed by atoms with van der Waals surface area (Å²) in [5.74, 6) is -0.706. The SMILES string of the molecule is COc1ccc(N(CC2CCCC2)C(=O)NC2=NCC(SC(C)(C)C(=O)O)S2)c(F)c1. The van der Waals surface area contributed by atoms with E-state index in [4.69, 9.17) is 4.74 Å². The number of thioether (sulfide) groups is 2. The predicted octanol–water partition coefficient (Wildman–Crippen LogP) is 4.57. The van der Waals surface area contributed by atoms with Gasteiger partial charge in [-0.1, -0.05) is 24.6 Å². The Kier molecular flexibility index (Phi) is 7.74. The molecule has 1 fully saturated rings. The zero-order valence-corrected chi connectivity index (χ0v) is 19.5. The van der Waals surface area contributed by atoms with Crippen LogP contribution in [0.4, 0.5) is 14.9 Å². The predicted molar refractivity (Wildman–Crippen MR) is 124 cm³/mol. The molecule has 31 heavy (non-hydrogen) atoms. The van der Waals surface area contributed by atoms with Gasteiger partial charge in [-0.3, -0.25) is 20.0 Å². The molecule has 0 saturated heterocycles. The third-order valence-corrected chi connectivity index (χ3v) is 8.01. The summed E-state index contributed by atoms with van der Waals surface area (Å²) in [4.78, 5) is 30.3. The number of methoxy groups -OCH3 is 1. The summed E-state index contributed by atoms with van der Waals surface area (Å²) >= 11 is 2.62. The average Bonchev–Trinajstić information content (AvgIpc) is 3.38. The number of carboxylic acid groups (broad SMARTS) is 1. The van der Waals surface area contributed by atoms with Crippen LogP contribution in [0.25, 0.3) is 0 Å². The minimum Gasteiger partial charge on any atom is -0.497 e. The van der Waals surface area contributed by atoms with Gasteiger partial charge in [0.25, 0.3) is 0 Å². The van der Waals surface area contributed by atoms with Gasteiger partial charge in [-0.25, -0.2) is 9.18 Å². The second kappa shape index (κ2) is 10.1. The highest BCUT2D eigenvalue weighted by atomic mass is 32.2. The molecule has 1 aliphatic heterocycles. The van der Waals surface area contributed by atoms with Crippen molar-refractivity contribution in [2.45, 2.75) is 48.9 Å². The molecule has 0 radical (unpaired) electrons. The Morgan fingerprint density at radius 1 is 1.39 bits per heavy atom. The second-order valence-electron chi connectivity index (χ2n) is 8.14. The number of carbonyl (C=O) groups is 2. The fourth-order valence-electron chi connectivity index (χ4n) is 3.60. The maximum atomic E-state index is 14.8. The van der Waals surface area contributed by atoms with Crippen molar-refractivity contribution in [1.82, 2.24) is 5.32 Å². The Hall–Kier alpha value is -1.94. The van der Waals surface area contributed by atoms with Crippen LogP contribution in [-0.4, -0.2) is 51.8 Å². The molecule has 1 aromatic carbocycles. The minimum absolute atomic E-state index is 0.109. The van der Waals surface area contributed by atoms with E-state index in [1.165, 1.54) is 41.6 Å². The smallest absolute Gasteiger partial charge is 0.327 e. The number of aliphatic carboxylic acids is 1. The molecular formula is C21H28FN3O4S2. The molecule has 1 unspecified atom stereocenters. The monoisotopic (exact) mass is 469 g/mol. The van der Waals surface area contributed by atoms with Crippen LogP contribution in [0.15, 0.2) is 23.2 Å². The number of ether oxygens (including phenoxy) is 1. The number of rotatable bonds is 7. The van der Waals surface area contributed by atoms with Crippen molar-refractivity contribution in [2.24, 2.45) is 10.9 Å². The van der Waals surface area contributed by atoms with Gasteiger partial charge < -0.3 is 9.84 Å². The molecule has 1 saturated carbocycles. The van der Waals surface area contributed by atoms with Crippen LogP contribution >= 0.6 is 23.5 Å². The summed E-state index contributed by atoms with van der Waals surface area (Å²) in [6.07, 6.45) is 4.26. The van der Waals surface area contributed by atoms with Gasteiger partial charge >= 0.3 is 12.0 Å². The summed E-state index contributed by atoms with van der Waals surface area (Å²) in [7, 11) is 1.47. The molecule has 0 spiro atoms. The normalized spacial score (nSPS) is 19.2. The number of carbonyl (C=O) groups excluding carboxylic acids is 1. The Balaban J connectivity index is 1.70. The van der Waals surface area contributed by atoms with E-state index in [0.29, 0.717) is 29.9 Å². The van der Waals surface area contributed by atoms with Crippen molar-refractivity contribution in [3.63, 3.8) is 0 Å². The lowest BCUT2D eigenvalue weighted by Gasteiger charge is -2.27. The van der Waals surface area contributed by atoms with E-state index in [0.717, 1.165) is 25.7 Å². The number of benzene rings is 1. The molecule has 1 aromatic rings. The lowest BCUT2D eigenvalue weighted by atomic mass is 10.1. The molecule has 1 aliphatic carbocycles. The molecule has 2 N–H and O–H groups in total. The summed E-state index contributed by atoms with van der Waals surface area (Å²) in [5.41, 5.74) is 0.201. The largest absolute Gasteiger partial charge is 0.497 e. The van der Waals surface area contributed by atoms with Crippen LogP contribution in [-0.2, 0) is 4.79 Å². The first kappa shape index (κ1) is 23.7. The third kappa shape index (κ3) is 6.06. The Morgan fingerprint density at radius 2 is 2.10 bits per heavy atom. The second-order valence-corrected chi connectivity index (χ2v) is 11.5. The Morgan fingerprint density at radius 3 is 2.71 bits per heavy atom. The van der Waals surface area contributed by atoms with Gasteiger partial charge in [0.2, 0.25) is 0 Å². The number of nitrogens with zero attached hydrogens (tertiary/aromatic N) is 2. The van der Waals surface area contributed by atoms with Crippen molar-refractivity contribution in [3.05, 3.63) is 24.0 Å². The highest BCUT2D eigenvalue weighted by Gasteiger charge is 2.35. The lowest BCUT2D eigenvalue weighted by Crippen LogP contribution is -2.44. The van der Waals surface area contributed by atoms with Crippen LogP contribution in [0.2, 0.25) is 0 Å². The number of hydrogen-bond acceptors (Lipinski definition) is 6. The number of aliphatic imine (C=N–C) groups is 1. The van der Waals surface area contributed by atoms with E-state index in [2.05, 4.69) is 10.3 Å². The van der Waals surface area contributed by atoms with Crippen LogP contribution in [0.5, 0.6) is 5.75 Å². The van der Waals surface area contributed by atoms with E-state index >= 15 is 0 Å². The molecular weight excluding hydrogens is 441 g/mol. The first-order valence-electron chi connectivity index (χ1n) is 10.2. The van der Waals surface area contributed by atoms with E-state index in [1.807, 2.05) is 0 Å². The fourth-order valence-corrected chi connectivity index (χ4v) is 6.39. The standard InChI is InChI=1S/C21H28FN3O4S2/c1-21(2,18(26)27)31-17-11-23-19(30-17)24-20(28)25(12-13-6-4-5-7-13)16-9-8-14(29-3)10-15(16)22/h8-10,13,17H,4-7,11-12H2,1-3H3,(H,26,27)(H,23,24,28). The molecule has 0 aromatic heterocycles. The number of amidine groups is 1. The van der Waals surface area contributed by atoms with Crippen LogP contribution in [0.3, 0.4) is 0 Å². The van der Waals surface area contributed by atoms with Gasteiger partial charge in [-0.2, -0.15) is 0 Å². The minimum atomic E-state index is -0.951. The number of nitrogens with one attached hydrogen (secondary N) is 1. The Labute approximate surface area is 190 Å². The number of anilines is 1. The molecule has 0 bridgehead atoms. The van der Waals surface area contributed by atoms with Crippen molar-refractivity contribution in [2.75, 3.05) is 25.1 Å². The number of hydrogen-bond donors (Lipinski definition) is 2. The number of carboxylic acids is 1. The molecule has 3 rings (SSSR count). The highest BCUT2D eigenvalue weighted by Crippen LogP contribution is 2.38. The van der Waals surface area contributed by atoms with Gasteiger partial charge in [0, 0.05) is 12.6 Å². The van der Waals surface area contributed by atoms with Crippen molar-refractivity contribution in [3.8, 4) is 5.75 Å². The summed E-state index contributed by atoms with van der Waals surface area (Å²) in [6.45, 7) is 4.12. The summed E-state index contributed by atoms with van der Waals surface area (Å²) < 4.78 is 18.8. The van der Waals surface area contributed by atoms with Crippen molar-refractivity contribution < 1.29 is 23.8 Å². The van der Waals surface area contributed by atoms with Crippen molar-refractivity contribution in [1.29, 1.82) is 0 Å². The van der Waals surface area contributed by atoms with Gasteiger partial charge in [0.05, 0.1) is 23.9 Å². The topological polar surface area (TPSA) is 91.2 Å². The van der Waals surface area contributed by atoms with Gasteiger partial charge in [-0.15, -0.1) is 11.8 Å². The number of amides is 2. The highest BCUT2D eigenvalue weighted by molar-refractivity contribution is 8.25. The summed E-state index contributed by atoms with van der Waals surface area (Å²) in [6, 6.07) is 4.02. The summed E-state index contributed by atoms with van der Waals surface area (Å²) in [5, 5.41) is 12.5. The van der Waals surface area contributed by atoms with Gasteiger partial charge in [0.1, 0.15) is 10.5 Å². The van der Waals surface area contributed by atoms with Gasteiger partial charge in [-0.05, 0) is 44.7 Å². The molecule has 2 aliphatic rings. The molecule has 2 amide bonds. The maximum absolute atomic E-state index is 14.8. The van der Waals surface area contributed by atoms with Crippen LogP contribution in [0, 0.1) is 11.7 Å². The first-order chi connectivity index (χ1) is 14.7. The van der Waals surface area contributed by atoms with E-state index in [1.54, 1.807) is 26.0 Å². The first-order valence-corrected chi connectivity index (χ1v) is 12.0. The molecule has 7 nitrogen and oxygen atoms in total. The zero-order chi connectivity index (χ0) is 22.6. The third-order valence-electron chi connectivity index (χ3n) is 5.39. The number of halogens is 1. The molecule has 1 heterocycles. The van der Waals surface area contributed by atoms with Gasteiger partial charge in [0.15, 0.2) is 11.0 Å². The van der Waals surface area contributed by atoms with E-state index < -0.39 is 22.6 Å². The maximum Gasteiger partial charge on any atom is 0.327 e. The Bertz CT molecular complexity index is 859. The van der Waals surface area contributed by atoms with Crippen LogP contribution in [0.1, 0.15) is 39.5 Å². The molecule has 170 valence electrons. The fraction of sp³-hybridized carbons (Fsp3) is 0.571. The van der Waals surface area contributed by atoms with Crippen molar-refractivity contribution >= 4 is 46.4 Å². The molecule has 10 heteroatoms. The van der Waals surface area contributed by atoms with E-state index in [9.17, 15) is 19.1 Å². The zero-order valence-electron chi connectivity index (χ0n) is 17.9. The molecule has 1 atom stereocenters.